The molecule has 27 heavy (non-hydrogen) atoms. The first-order chi connectivity index (χ1) is 12.4. The molecule has 1 heterocycles. The molecule has 0 aliphatic rings. The maximum Gasteiger partial charge on any atom is 0.212 e. The van der Waals surface area contributed by atoms with Crippen molar-refractivity contribution in [3.8, 4) is 5.88 Å². The minimum absolute atomic E-state index is 0. The topological polar surface area (TPSA) is 58.5 Å². The van der Waals surface area contributed by atoms with Gasteiger partial charge in [-0.05, 0) is 30.2 Å². The van der Waals surface area contributed by atoms with Crippen LogP contribution in [0.25, 0.3) is 0 Å². The van der Waals surface area contributed by atoms with Gasteiger partial charge in [0.1, 0.15) is 5.82 Å². The molecule has 0 fully saturated rings. The summed E-state index contributed by atoms with van der Waals surface area (Å²) in [5.41, 5.74) is 1.70. The predicted molar refractivity (Wildman–Crippen MR) is 118 cm³/mol. The van der Waals surface area contributed by atoms with E-state index >= 15 is 0 Å². The van der Waals surface area contributed by atoms with E-state index in [4.69, 9.17) is 4.74 Å². The number of benzene rings is 1. The molecule has 0 aliphatic heterocycles. The van der Waals surface area contributed by atoms with Crippen LogP contribution in [0.5, 0.6) is 5.88 Å². The maximum atomic E-state index is 13.5. The smallest absolute Gasteiger partial charge is 0.212 e. The average molecular weight is 486 g/mol. The Hall–Kier alpha value is -1.90. The van der Waals surface area contributed by atoms with Crippen molar-refractivity contribution in [2.45, 2.75) is 32.7 Å². The zero-order valence-electron chi connectivity index (χ0n) is 16.3. The fourth-order valence-electron chi connectivity index (χ4n) is 2.45. The number of hydrogen-bond acceptors (Lipinski definition) is 3. The number of halogens is 2. The van der Waals surface area contributed by atoms with Gasteiger partial charge in [-0.2, -0.15) is 0 Å². The van der Waals surface area contributed by atoms with Crippen LogP contribution in [0.3, 0.4) is 0 Å². The van der Waals surface area contributed by atoms with Gasteiger partial charge in [-0.15, -0.1) is 24.0 Å². The molecule has 0 atom stereocenters. The van der Waals surface area contributed by atoms with Gasteiger partial charge in [-0.1, -0.05) is 32.0 Å². The molecule has 2 rings (SSSR count). The van der Waals surface area contributed by atoms with Gasteiger partial charge in [0.15, 0.2) is 5.96 Å². The summed E-state index contributed by atoms with van der Waals surface area (Å²) in [6.45, 7) is 8.06. The van der Waals surface area contributed by atoms with Crippen LogP contribution < -0.4 is 15.4 Å². The van der Waals surface area contributed by atoms with Crippen molar-refractivity contribution in [3.63, 3.8) is 0 Å². The third kappa shape index (κ3) is 7.32. The van der Waals surface area contributed by atoms with E-state index in [0.29, 0.717) is 24.9 Å². The zero-order chi connectivity index (χ0) is 19.0. The molecular weight excluding hydrogens is 458 g/mol. The van der Waals surface area contributed by atoms with Crippen molar-refractivity contribution < 1.29 is 9.13 Å². The molecule has 0 unspecified atom stereocenters. The maximum absolute atomic E-state index is 13.5. The van der Waals surface area contributed by atoms with Crippen molar-refractivity contribution in [1.29, 1.82) is 0 Å². The first-order valence-electron chi connectivity index (χ1n) is 8.72. The number of aromatic nitrogens is 1. The Bertz CT molecular complexity index is 735. The van der Waals surface area contributed by atoms with Crippen LogP contribution in [0.4, 0.5) is 4.39 Å². The number of ether oxygens (including phenoxy) is 1. The molecule has 0 aliphatic carbocycles. The van der Waals surface area contributed by atoms with Crippen molar-refractivity contribution in [2.24, 2.45) is 4.99 Å². The highest BCUT2D eigenvalue weighted by Crippen LogP contribution is 2.22. The zero-order valence-corrected chi connectivity index (χ0v) is 18.6. The van der Waals surface area contributed by atoms with Crippen LogP contribution >= 0.6 is 24.0 Å². The molecule has 148 valence electrons. The summed E-state index contributed by atoms with van der Waals surface area (Å²) in [6, 6.07) is 10.5. The minimum atomic E-state index is -0.236. The van der Waals surface area contributed by atoms with Crippen molar-refractivity contribution in [3.05, 3.63) is 59.5 Å². The summed E-state index contributed by atoms with van der Waals surface area (Å²) in [5.74, 6) is 1.08. The largest absolute Gasteiger partial charge is 0.481 e. The normalized spacial score (nSPS) is 11.5. The molecular formula is C20H28FIN4O. The lowest BCUT2D eigenvalue weighted by molar-refractivity contribution is 0.397. The molecule has 1 aromatic heterocycles. The van der Waals surface area contributed by atoms with E-state index in [1.54, 1.807) is 25.4 Å². The van der Waals surface area contributed by atoms with Crippen LogP contribution in [0.2, 0.25) is 0 Å². The predicted octanol–water partition coefficient (Wildman–Crippen LogP) is 3.88. The second kappa shape index (κ2) is 11.1. The lowest BCUT2D eigenvalue weighted by Gasteiger charge is -2.27. The summed E-state index contributed by atoms with van der Waals surface area (Å²) >= 11 is 0. The van der Waals surface area contributed by atoms with Crippen LogP contribution in [0.15, 0.2) is 47.6 Å². The lowest BCUT2D eigenvalue weighted by atomic mass is 9.84. The second-order valence-corrected chi connectivity index (χ2v) is 6.65. The molecule has 0 radical (unpaired) electrons. The molecule has 0 amide bonds. The van der Waals surface area contributed by atoms with Gasteiger partial charge in [0.25, 0.3) is 0 Å². The Balaban J connectivity index is 0.00000364. The van der Waals surface area contributed by atoms with E-state index in [2.05, 4.69) is 34.5 Å². The first kappa shape index (κ1) is 23.1. The first-order valence-corrected chi connectivity index (χ1v) is 8.72. The van der Waals surface area contributed by atoms with E-state index in [1.807, 2.05) is 25.1 Å². The molecule has 5 nitrogen and oxygen atoms in total. The van der Waals surface area contributed by atoms with Crippen LogP contribution in [-0.4, -0.2) is 31.1 Å². The number of nitrogens with zero attached hydrogens (tertiary/aromatic N) is 2. The molecule has 2 N–H and O–H groups in total. The standard InChI is InChI=1S/C20H27FN4O.HI/c1-5-22-19(24-13-15-9-10-18(26-4)23-12-15)25-14-20(2,3)16-7-6-8-17(21)11-16;/h6-12H,5,13-14H2,1-4H3,(H2,22,24,25);1H. The molecule has 7 heteroatoms. The number of aliphatic imine (C=N–C) groups is 1. The van der Waals surface area contributed by atoms with E-state index < -0.39 is 0 Å². The highest BCUT2D eigenvalue weighted by molar-refractivity contribution is 14.0. The number of nitrogens with one attached hydrogen (secondary N) is 2. The van der Waals surface area contributed by atoms with Crippen LogP contribution in [0.1, 0.15) is 31.9 Å². The van der Waals surface area contributed by atoms with Crippen molar-refractivity contribution >= 4 is 29.9 Å². The van der Waals surface area contributed by atoms with Gasteiger partial charge < -0.3 is 15.4 Å². The molecule has 0 saturated heterocycles. The number of pyridine rings is 1. The number of hydrogen-bond donors (Lipinski definition) is 2. The van der Waals surface area contributed by atoms with E-state index in [0.717, 1.165) is 17.7 Å². The fraction of sp³-hybridized carbons (Fsp3) is 0.400. The van der Waals surface area contributed by atoms with E-state index in [-0.39, 0.29) is 35.2 Å². The second-order valence-electron chi connectivity index (χ2n) is 6.65. The summed E-state index contributed by atoms with van der Waals surface area (Å²) in [5, 5.41) is 6.57. The minimum Gasteiger partial charge on any atom is -0.481 e. The third-order valence-electron chi connectivity index (χ3n) is 4.07. The van der Waals surface area contributed by atoms with Gasteiger partial charge in [0, 0.05) is 30.8 Å². The number of methoxy groups -OCH3 is 1. The number of guanidine groups is 1. The Morgan fingerprint density at radius 2 is 2.00 bits per heavy atom. The molecule has 0 saturated carbocycles. The monoisotopic (exact) mass is 486 g/mol. The third-order valence-corrected chi connectivity index (χ3v) is 4.07. The van der Waals surface area contributed by atoms with Gasteiger partial charge in [-0.3, -0.25) is 0 Å². The Kier molecular flexibility index (Phi) is 9.48. The van der Waals surface area contributed by atoms with Crippen LogP contribution in [0, 0.1) is 5.82 Å². The fourth-order valence-corrected chi connectivity index (χ4v) is 2.45. The summed E-state index contributed by atoms with van der Waals surface area (Å²) in [6.07, 6.45) is 1.75. The SMILES string of the molecule is CCNC(=NCc1ccc(OC)nc1)NCC(C)(C)c1cccc(F)c1.I. The summed E-state index contributed by atoms with van der Waals surface area (Å²) in [7, 11) is 1.59. The highest BCUT2D eigenvalue weighted by Gasteiger charge is 2.21. The number of rotatable bonds is 7. The van der Waals surface area contributed by atoms with Gasteiger partial charge in [0.2, 0.25) is 5.88 Å². The van der Waals surface area contributed by atoms with Crippen molar-refractivity contribution in [1.82, 2.24) is 15.6 Å². The quantitative estimate of drug-likeness (QED) is 0.355. The average Bonchev–Trinajstić information content (AvgIpc) is 2.64. The lowest BCUT2D eigenvalue weighted by Crippen LogP contribution is -2.43. The Labute approximate surface area is 177 Å². The molecule has 1 aromatic carbocycles. The summed E-state index contributed by atoms with van der Waals surface area (Å²) in [4.78, 5) is 8.78. The molecule has 0 bridgehead atoms. The summed E-state index contributed by atoms with van der Waals surface area (Å²) < 4.78 is 18.6. The highest BCUT2D eigenvalue weighted by atomic mass is 127. The van der Waals surface area contributed by atoms with E-state index in [1.165, 1.54) is 6.07 Å². The Morgan fingerprint density at radius 1 is 1.22 bits per heavy atom. The van der Waals surface area contributed by atoms with Gasteiger partial charge in [0.05, 0.1) is 13.7 Å². The van der Waals surface area contributed by atoms with E-state index in [9.17, 15) is 4.39 Å². The molecule has 2 aromatic rings. The van der Waals surface area contributed by atoms with Gasteiger partial charge >= 0.3 is 0 Å². The Morgan fingerprint density at radius 3 is 2.59 bits per heavy atom. The van der Waals surface area contributed by atoms with Gasteiger partial charge in [-0.25, -0.2) is 14.4 Å². The molecule has 0 spiro atoms. The van der Waals surface area contributed by atoms with Crippen molar-refractivity contribution in [2.75, 3.05) is 20.2 Å². The van der Waals surface area contributed by atoms with Crippen LogP contribution in [-0.2, 0) is 12.0 Å².